The first-order chi connectivity index (χ1) is 17.1. The van der Waals surface area contributed by atoms with Gasteiger partial charge in [0.1, 0.15) is 12.4 Å². The number of halogens is 2. The second kappa shape index (κ2) is 8.83. The molecule has 2 aromatic carbocycles. The molecule has 0 N–H and O–H groups in total. The molecule has 178 valence electrons. The van der Waals surface area contributed by atoms with Crippen molar-refractivity contribution in [1.29, 1.82) is 0 Å². The van der Waals surface area contributed by atoms with Crippen LogP contribution in [0.4, 0.5) is 8.78 Å². The number of rotatable bonds is 7. The highest BCUT2D eigenvalue weighted by atomic mass is 19.3. The fourth-order valence-electron chi connectivity index (χ4n) is 6.12. The average molecular weight is 474 g/mol. The van der Waals surface area contributed by atoms with Crippen LogP contribution in [-0.2, 0) is 12.0 Å². The summed E-state index contributed by atoms with van der Waals surface area (Å²) in [5.41, 5.74) is 3.87. The molecular weight excluding hydrogens is 448 g/mol. The second-order valence-corrected chi connectivity index (χ2v) is 9.49. The summed E-state index contributed by atoms with van der Waals surface area (Å²) in [5, 5.41) is 10.6. The number of hydrogen-bond acceptors (Lipinski definition) is 5. The molecule has 8 heteroatoms. The van der Waals surface area contributed by atoms with Crippen LogP contribution in [0.2, 0.25) is 0 Å². The lowest BCUT2D eigenvalue weighted by molar-refractivity contribution is 0.0564. The Hall–Kier alpha value is -3.68. The van der Waals surface area contributed by atoms with E-state index in [1.807, 2.05) is 42.5 Å². The van der Waals surface area contributed by atoms with Crippen molar-refractivity contribution < 1.29 is 13.5 Å². The lowest BCUT2D eigenvalue weighted by Gasteiger charge is -2.39. The summed E-state index contributed by atoms with van der Waals surface area (Å²) in [6.07, 6.45) is 6.57. The van der Waals surface area contributed by atoms with Gasteiger partial charge in [0.15, 0.2) is 5.82 Å². The van der Waals surface area contributed by atoms with Crippen LogP contribution in [0.3, 0.4) is 0 Å². The van der Waals surface area contributed by atoms with E-state index in [2.05, 4.69) is 44.8 Å². The Morgan fingerprint density at radius 3 is 2.37 bits per heavy atom. The summed E-state index contributed by atoms with van der Waals surface area (Å²) in [5.74, 6) is 2.16. The summed E-state index contributed by atoms with van der Waals surface area (Å²) < 4.78 is 33.0. The molecule has 0 unspecified atom stereocenters. The van der Waals surface area contributed by atoms with E-state index in [9.17, 15) is 8.78 Å². The number of pyridine rings is 1. The predicted octanol–water partition coefficient (Wildman–Crippen LogP) is 5.82. The van der Waals surface area contributed by atoms with Crippen LogP contribution in [-0.4, -0.2) is 25.2 Å². The van der Waals surface area contributed by atoms with Gasteiger partial charge in [0, 0.05) is 17.2 Å². The van der Waals surface area contributed by atoms with Gasteiger partial charge in [-0.3, -0.25) is 4.98 Å². The number of tetrazole rings is 1. The van der Waals surface area contributed by atoms with Crippen molar-refractivity contribution in [1.82, 2.24) is 25.2 Å². The maximum Gasteiger partial charge on any atom is 0.336 e. The molecule has 3 atom stereocenters. The summed E-state index contributed by atoms with van der Waals surface area (Å²) in [6.45, 7) is -2.36. The number of aromatic nitrogens is 5. The standard InChI is InChI=1S/C27H25F2N5O/c28-26(29)34-25(31-32-33-34)19-5-8-20(9-6-19)27(16-18-4-7-22(27)15-18)21-10-12-24(13-11-21)35-17-23-3-1-2-14-30-23/h1-3,5-6,8-14,18,22,26H,4,7,15-17H2/t18-,22+,27+/m1/s1. The predicted molar refractivity (Wildman–Crippen MR) is 126 cm³/mol. The molecule has 6 rings (SSSR count). The van der Waals surface area contributed by atoms with Gasteiger partial charge in [0.05, 0.1) is 5.69 Å². The Morgan fingerprint density at radius 2 is 1.74 bits per heavy atom. The highest BCUT2D eigenvalue weighted by molar-refractivity contribution is 5.57. The summed E-state index contributed by atoms with van der Waals surface area (Å²) in [4.78, 5) is 4.31. The Labute approximate surface area is 202 Å². The fourth-order valence-corrected chi connectivity index (χ4v) is 6.12. The van der Waals surface area contributed by atoms with Gasteiger partial charge in [0.25, 0.3) is 0 Å². The number of nitrogens with zero attached hydrogens (tertiary/aromatic N) is 5. The molecule has 0 saturated heterocycles. The van der Waals surface area contributed by atoms with E-state index in [0.29, 0.717) is 28.7 Å². The molecule has 4 aromatic rings. The molecule has 0 aliphatic heterocycles. The Balaban J connectivity index is 1.29. The highest BCUT2D eigenvalue weighted by Crippen LogP contribution is 2.60. The molecule has 2 aliphatic carbocycles. The highest BCUT2D eigenvalue weighted by Gasteiger charge is 2.52. The monoisotopic (exact) mass is 473 g/mol. The first kappa shape index (κ1) is 21.8. The van der Waals surface area contributed by atoms with Crippen LogP contribution in [0.25, 0.3) is 11.4 Å². The van der Waals surface area contributed by atoms with Crippen LogP contribution in [0.15, 0.2) is 72.9 Å². The van der Waals surface area contributed by atoms with Crippen LogP contribution >= 0.6 is 0 Å². The van der Waals surface area contributed by atoms with Crippen LogP contribution in [0.5, 0.6) is 5.75 Å². The molecule has 0 radical (unpaired) electrons. The van der Waals surface area contributed by atoms with E-state index in [-0.39, 0.29) is 11.2 Å². The van der Waals surface area contributed by atoms with E-state index < -0.39 is 6.55 Å². The lowest BCUT2D eigenvalue weighted by atomic mass is 9.64. The number of alkyl halides is 2. The topological polar surface area (TPSA) is 65.7 Å². The summed E-state index contributed by atoms with van der Waals surface area (Å²) >= 11 is 0. The molecule has 0 amide bonds. The van der Waals surface area contributed by atoms with Crippen molar-refractivity contribution >= 4 is 0 Å². The molecular formula is C27H25F2N5O. The van der Waals surface area contributed by atoms with Gasteiger partial charge >= 0.3 is 6.55 Å². The molecule has 35 heavy (non-hydrogen) atoms. The first-order valence-corrected chi connectivity index (χ1v) is 11.9. The molecule has 2 aliphatic rings. The molecule has 2 bridgehead atoms. The molecule has 6 nitrogen and oxygen atoms in total. The third-order valence-electron chi connectivity index (χ3n) is 7.67. The van der Waals surface area contributed by atoms with Crippen molar-refractivity contribution in [3.8, 4) is 17.1 Å². The third-order valence-corrected chi connectivity index (χ3v) is 7.67. The minimum absolute atomic E-state index is 0.0722. The van der Waals surface area contributed by atoms with Gasteiger partial charge in [-0.05, 0) is 76.9 Å². The Bertz CT molecular complexity index is 1290. The van der Waals surface area contributed by atoms with Crippen molar-refractivity contribution in [2.45, 2.75) is 44.3 Å². The number of fused-ring (bicyclic) bond motifs is 2. The zero-order valence-electron chi connectivity index (χ0n) is 19.1. The van der Waals surface area contributed by atoms with Gasteiger partial charge in [-0.1, -0.05) is 48.9 Å². The van der Waals surface area contributed by atoms with Crippen molar-refractivity contribution in [3.63, 3.8) is 0 Å². The lowest BCUT2D eigenvalue weighted by Crippen LogP contribution is -2.34. The number of ether oxygens (including phenoxy) is 1. The van der Waals surface area contributed by atoms with Crippen LogP contribution < -0.4 is 4.74 Å². The van der Waals surface area contributed by atoms with Crippen LogP contribution in [0, 0.1) is 11.8 Å². The van der Waals surface area contributed by atoms with E-state index in [0.717, 1.165) is 17.9 Å². The smallest absolute Gasteiger partial charge is 0.336 e. The van der Waals surface area contributed by atoms with E-state index in [4.69, 9.17) is 4.74 Å². The second-order valence-electron chi connectivity index (χ2n) is 9.49. The largest absolute Gasteiger partial charge is 0.487 e. The molecule has 2 aromatic heterocycles. The first-order valence-electron chi connectivity index (χ1n) is 11.9. The van der Waals surface area contributed by atoms with Gasteiger partial charge in [-0.25, -0.2) is 0 Å². The Kier molecular flexibility index (Phi) is 5.51. The van der Waals surface area contributed by atoms with Crippen molar-refractivity contribution in [3.05, 3.63) is 89.7 Å². The Morgan fingerprint density at radius 1 is 0.971 bits per heavy atom. The molecule has 2 saturated carbocycles. The quantitative estimate of drug-likeness (QED) is 0.339. The maximum absolute atomic E-state index is 13.2. The van der Waals surface area contributed by atoms with Crippen molar-refractivity contribution in [2.24, 2.45) is 11.8 Å². The molecule has 2 fully saturated rings. The normalized spacial score (nSPS) is 23.2. The SMILES string of the molecule is FC(F)n1nnnc1-c1ccc([C@]2(c3ccc(OCc4ccccn4)cc3)C[C@@H]3CC[C@H]2C3)cc1. The zero-order valence-corrected chi connectivity index (χ0v) is 19.1. The number of hydrogen-bond donors (Lipinski definition) is 0. The van der Waals surface area contributed by atoms with E-state index in [1.54, 1.807) is 6.20 Å². The molecule has 2 heterocycles. The van der Waals surface area contributed by atoms with Crippen LogP contribution in [0.1, 0.15) is 49.1 Å². The van der Waals surface area contributed by atoms with Gasteiger partial charge in [0.2, 0.25) is 0 Å². The van der Waals surface area contributed by atoms with E-state index in [1.165, 1.54) is 30.4 Å². The zero-order chi connectivity index (χ0) is 23.8. The van der Waals surface area contributed by atoms with Gasteiger partial charge in [-0.15, -0.1) is 5.10 Å². The van der Waals surface area contributed by atoms with Gasteiger partial charge in [-0.2, -0.15) is 13.5 Å². The van der Waals surface area contributed by atoms with Crippen molar-refractivity contribution in [2.75, 3.05) is 0 Å². The number of benzene rings is 2. The average Bonchev–Trinajstić information content (AvgIpc) is 3.65. The fraction of sp³-hybridized carbons (Fsp3) is 0.333. The van der Waals surface area contributed by atoms with Gasteiger partial charge < -0.3 is 4.74 Å². The summed E-state index contributed by atoms with van der Waals surface area (Å²) in [6, 6.07) is 22.1. The minimum atomic E-state index is -2.78. The minimum Gasteiger partial charge on any atom is -0.487 e. The third kappa shape index (κ3) is 3.87. The summed E-state index contributed by atoms with van der Waals surface area (Å²) in [7, 11) is 0. The molecule has 0 spiro atoms. The maximum atomic E-state index is 13.2. The van der Waals surface area contributed by atoms with E-state index >= 15 is 0 Å².